The monoisotopic (exact) mass is 970 g/mol. The maximum Gasteiger partial charge on any atom is 0.161 e. The van der Waals surface area contributed by atoms with Crippen LogP contribution < -0.4 is 0 Å². The Morgan fingerprint density at radius 2 is 0.976 bits per heavy atom. The molecule has 0 saturated heterocycles. The highest BCUT2D eigenvalue weighted by atomic mass is 127. The SMILES string of the molecule is Cc1ccc2c(I)c(-c3sc4c(oc5cc6c(cc54)oc4c(Br)c(-c5sc7cc(C)ccc7c5I)sc46)c3Br)sc2c1. The van der Waals surface area contributed by atoms with E-state index in [0.29, 0.717) is 0 Å². The van der Waals surface area contributed by atoms with Crippen molar-refractivity contribution in [3.05, 3.63) is 75.7 Å². The first-order valence-corrected chi connectivity index (χ1v) is 19.8. The van der Waals surface area contributed by atoms with E-state index in [-0.39, 0.29) is 0 Å². The number of thiophene rings is 4. The van der Waals surface area contributed by atoms with Gasteiger partial charge in [-0.25, -0.2) is 0 Å². The number of aryl methyl sites for hydroxylation is 2. The first kappa shape index (κ1) is 27.3. The molecule has 0 aliphatic carbocycles. The average molecular weight is 972 g/mol. The van der Waals surface area contributed by atoms with Gasteiger partial charge in [0.25, 0.3) is 0 Å². The number of hydrogen-bond donors (Lipinski definition) is 0. The zero-order chi connectivity index (χ0) is 28.6. The lowest BCUT2D eigenvalue weighted by Gasteiger charge is -1.97. The summed E-state index contributed by atoms with van der Waals surface area (Å²) in [6, 6.07) is 17.7. The molecule has 6 aromatic heterocycles. The molecule has 0 unspecified atom stereocenters. The van der Waals surface area contributed by atoms with Gasteiger partial charge in [-0.15, -0.1) is 45.3 Å². The highest BCUT2D eigenvalue weighted by molar-refractivity contribution is 14.1. The molecule has 0 aliphatic rings. The Hall–Kier alpha value is -1.000. The Morgan fingerprint density at radius 3 is 1.40 bits per heavy atom. The van der Waals surface area contributed by atoms with E-state index in [1.165, 1.54) is 57.9 Å². The summed E-state index contributed by atoms with van der Waals surface area (Å²) in [6.07, 6.45) is 0. The number of hydrogen-bond acceptors (Lipinski definition) is 6. The number of furan rings is 2. The Bertz CT molecular complexity index is 2430. The molecule has 3 aromatic carbocycles. The van der Waals surface area contributed by atoms with Crippen molar-refractivity contribution in [2.75, 3.05) is 0 Å². The molecular weight excluding hydrogens is 958 g/mol. The summed E-state index contributed by atoms with van der Waals surface area (Å²) in [6.45, 7) is 4.30. The Kier molecular flexibility index (Phi) is 6.34. The highest BCUT2D eigenvalue weighted by Gasteiger charge is 2.26. The molecule has 0 spiro atoms. The quantitative estimate of drug-likeness (QED) is 0.161. The molecule has 0 aliphatic heterocycles. The van der Waals surface area contributed by atoms with Crippen LogP contribution in [-0.4, -0.2) is 0 Å². The minimum Gasteiger partial charge on any atom is -0.454 e. The average Bonchev–Trinajstić information content (AvgIpc) is 3.78. The van der Waals surface area contributed by atoms with Gasteiger partial charge in [0.2, 0.25) is 0 Å². The van der Waals surface area contributed by atoms with Crippen molar-refractivity contribution in [2.24, 2.45) is 0 Å². The minimum absolute atomic E-state index is 0.887. The van der Waals surface area contributed by atoms with E-state index in [4.69, 9.17) is 8.83 Å². The maximum absolute atomic E-state index is 6.55. The largest absolute Gasteiger partial charge is 0.454 e. The molecule has 206 valence electrons. The van der Waals surface area contributed by atoms with Crippen LogP contribution in [0.4, 0.5) is 0 Å². The van der Waals surface area contributed by atoms with E-state index in [0.717, 1.165) is 51.4 Å². The number of halogens is 4. The topological polar surface area (TPSA) is 26.3 Å². The number of rotatable bonds is 2. The predicted molar refractivity (Wildman–Crippen MR) is 209 cm³/mol. The zero-order valence-electron chi connectivity index (χ0n) is 21.6. The van der Waals surface area contributed by atoms with Gasteiger partial charge < -0.3 is 8.83 Å². The van der Waals surface area contributed by atoms with Crippen molar-refractivity contribution in [3.63, 3.8) is 0 Å². The molecule has 0 fully saturated rings. The molecule has 0 radical (unpaired) electrons. The van der Waals surface area contributed by atoms with Crippen molar-refractivity contribution in [2.45, 2.75) is 13.8 Å². The van der Waals surface area contributed by atoms with Crippen LogP contribution >= 0.6 is 122 Å². The molecule has 9 rings (SSSR count). The van der Waals surface area contributed by atoms with Crippen molar-refractivity contribution < 1.29 is 8.83 Å². The van der Waals surface area contributed by atoms with E-state index in [1.54, 1.807) is 22.7 Å². The summed E-state index contributed by atoms with van der Waals surface area (Å²) in [7, 11) is 0. The maximum atomic E-state index is 6.55. The first-order chi connectivity index (χ1) is 20.3. The van der Waals surface area contributed by atoms with Crippen LogP contribution in [0.1, 0.15) is 11.1 Å². The summed E-state index contributed by atoms with van der Waals surface area (Å²) < 4.78 is 22.7. The van der Waals surface area contributed by atoms with Crippen LogP contribution in [-0.2, 0) is 0 Å². The Morgan fingerprint density at radius 1 is 0.548 bits per heavy atom. The fourth-order valence-corrected chi connectivity index (χ4v) is 15.4. The normalized spacial score (nSPS) is 12.5. The Balaban J connectivity index is 1.22. The fraction of sp³-hybridized carbons (Fsp3) is 0.0625. The summed E-state index contributed by atoms with van der Waals surface area (Å²) >= 11 is 20.1. The van der Waals surface area contributed by atoms with Gasteiger partial charge in [0.1, 0.15) is 11.2 Å². The number of fused-ring (bicyclic) bond motifs is 8. The van der Waals surface area contributed by atoms with E-state index < -0.39 is 0 Å². The third kappa shape index (κ3) is 3.85. The zero-order valence-corrected chi connectivity index (χ0v) is 32.3. The van der Waals surface area contributed by atoms with Crippen molar-refractivity contribution in [3.8, 4) is 19.5 Å². The van der Waals surface area contributed by atoms with E-state index in [1.807, 2.05) is 22.7 Å². The van der Waals surface area contributed by atoms with E-state index >= 15 is 0 Å². The molecule has 10 heteroatoms. The lowest BCUT2D eigenvalue weighted by atomic mass is 10.2. The summed E-state index contributed by atoms with van der Waals surface area (Å²) in [5, 5.41) is 4.80. The number of benzene rings is 3. The molecule has 42 heavy (non-hydrogen) atoms. The van der Waals surface area contributed by atoms with Gasteiger partial charge in [-0.2, -0.15) is 0 Å². The molecular formula is C32H14Br2I2O2S4. The standard InChI is InChI=1S/C32H14Br2I2O2S4/c1-11-3-5-13-19(7-11)39-31(23(13)35)29-21(33)25-27(41-29)15-9-18-16(10-17(15)37-25)28-26(38-18)22(34)30(42-28)32-24(36)14-6-4-12(2)8-20(14)40-32/h3-10H,1-2H3. The van der Waals surface area contributed by atoms with Gasteiger partial charge in [-0.1, -0.05) is 24.3 Å². The second-order valence-electron chi connectivity index (χ2n) is 10.3. The minimum atomic E-state index is 0.887. The van der Waals surface area contributed by atoms with E-state index in [9.17, 15) is 0 Å². The summed E-state index contributed by atoms with van der Waals surface area (Å²) in [4.78, 5) is 5.01. The molecule has 2 nitrogen and oxygen atoms in total. The smallest absolute Gasteiger partial charge is 0.161 e. The molecule has 0 bridgehead atoms. The van der Waals surface area contributed by atoms with Crippen LogP contribution in [0.25, 0.3) is 82.2 Å². The van der Waals surface area contributed by atoms with Gasteiger partial charge in [0, 0.05) is 38.1 Å². The lowest BCUT2D eigenvalue weighted by Crippen LogP contribution is -1.73. The van der Waals surface area contributed by atoms with Crippen LogP contribution in [0.15, 0.2) is 66.3 Å². The first-order valence-electron chi connectivity index (χ1n) is 12.8. The van der Waals surface area contributed by atoms with Crippen LogP contribution in [0.2, 0.25) is 0 Å². The third-order valence-corrected chi connectivity index (χ3v) is 17.6. The van der Waals surface area contributed by atoms with Crippen molar-refractivity contribution in [1.29, 1.82) is 0 Å². The van der Waals surface area contributed by atoms with Crippen LogP contribution in [0.5, 0.6) is 0 Å². The van der Waals surface area contributed by atoms with Gasteiger partial charge in [0.15, 0.2) is 11.2 Å². The van der Waals surface area contributed by atoms with Crippen LogP contribution in [0.3, 0.4) is 0 Å². The van der Waals surface area contributed by atoms with Gasteiger partial charge in [-0.3, -0.25) is 0 Å². The van der Waals surface area contributed by atoms with Gasteiger partial charge in [-0.05, 0) is 126 Å². The molecule has 0 atom stereocenters. The second-order valence-corrected chi connectivity index (χ2v) is 18.2. The van der Waals surface area contributed by atoms with Crippen LogP contribution in [0, 0.1) is 21.0 Å². The summed E-state index contributed by atoms with van der Waals surface area (Å²) in [5.74, 6) is 0. The van der Waals surface area contributed by atoms with E-state index in [2.05, 4.69) is 139 Å². The van der Waals surface area contributed by atoms with Crippen molar-refractivity contribution >= 4 is 185 Å². The molecule has 9 aromatic rings. The summed E-state index contributed by atoms with van der Waals surface area (Å²) in [5.41, 5.74) is 6.15. The molecule has 6 heterocycles. The predicted octanol–water partition coefficient (Wildman–Crippen LogP) is 14.7. The molecule has 0 amide bonds. The fourth-order valence-electron chi connectivity index (χ4n) is 5.56. The molecule has 0 N–H and O–H groups in total. The third-order valence-electron chi connectivity index (χ3n) is 7.60. The second kappa shape index (κ2) is 9.75. The lowest BCUT2D eigenvalue weighted by molar-refractivity contribution is 0.663. The molecule has 0 saturated carbocycles. The van der Waals surface area contributed by atoms with Crippen molar-refractivity contribution in [1.82, 2.24) is 0 Å². The Labute approximate surface area is 299 Å². The van der Waals surface area contributed by atoms with Gasteiger partial charge in [0.05, 0.1) is 37.9 Å². The van der Waals surface area contributed by atoms with Gasteiger partial charge >= 0.3 is 0 Å². The highest BCUT2D eigenvalue weighted by Crippen LogP contribution is 2.54.